The molecule has 0 aliphatic carbocycles. The van der Waals surface area contributed by atoms with Gasteiger partial charge in [0.1, 0.15) is 5.75 Å². The molecule has 0 radical (unpaired) electrons. The van der Waals surface area contributed by atoms with Gasteiger partial charge in [0, 0.05) is 0 Å². The molecule has 78 valence electrons. The third-order valence-electron chi connectivity index (χ3n) is 2.48. The van der Waals surface area contributed by atoms with Crippen LogP contribution in [0.1, 0.15) is 32.8 Å². The highest BCUT2D eigenvalue weighted by Gasteiger charge is 2.19. The average Bonchev–Trinajstić information content (AvgIpc) is 2.19. The van der Waals surface area contributed by atoms with E-state index in [1.165, 1.54) is 0 Å². The molecular formula is C12H18O2. The van der Waals surface area contributed by atoms with Gasteiger partial charge in [-0.1, -0.05) is 19.1 Å². The maximum absolute atomic E-state index is 9.97. The molecule has 1 aromatic rings. The zero-order valence-corrected chi connectivity index (χ0v) is 9.08. The fourth-order valence-electron chi connectivity index (χ4n) is 1.28. The summed E-state index contributed by atoms with van der Waals surface area (Å²) >= 11 is 0. The third kappa shape index (κ3) is 2.48. The quantitative estimate of drug-likeness (QED) is 0.798. The van der Waals surface area contributed by atoms with Gasteiger partial charge < -0.3 is 9.84 Å². The minimum absolute atomic E-state index is 0.670. The summed E-state index contributed by atoms with van der Waals surface area (Å²) in [5.41, 5.74) is 0.202. The molecule has 0 amide bonds. The lowest BCUT2D eigenvalue weighted by Crippen LogP contribution is -2.19. The summed E-state index contributed by atoms with van der Waals surface area (Å²) in [6.45, 7) is 6.42. The van der Waals surface area contributed by atoms with Gasteiger partial charge in [0.25, 0.3) is 0 Å². The van der Waals surface area contributed by atoms with E-state index in [-0.39, 0.29) is 0 Å². The summed E-state index contributed by atoms with van der Waals surface area (Å²) in [6.07, 6.45) is 0.709. The minimum atomic E-state index is -0.731. The van der Waals surface area contributed by atoms with Crippen molar-refractivity contribution in [3.05, 3.63) is 29.8 Å². The van der Waals surface area contributed by atoms with Crippen LogP contribution in [0, 0.1) is 0 Å². The fourth-order valence-corrected chi connectivity index (χ4v) is 1.28. The number of ether oxygens (including phenoxy) is 1. The molecule has 1 aromatic carbocycles. The predicted molar refractivity (Wildman–Crippen MR) is 57.5 cm³/mol. The molecule has 0 saturated carbocycles. The number of hydrogen-bond donors (Lipinski definition) is 1. The van der Waals surface area contributed by atoms with Crippen LogP contribution in [0.5, 0.6) is 5.75 Å². The lowest BCUT2D eigenvalue weighted by molar-refractivity contribution is 0.0530. The Kier molecular flexibility index (Phi) is 3.53. The van der Waals surface area contributed by atoms with E-state index >= 15 is 0 Å². The van der Waals surface area contributed by atoms with Crippen LogP contribution in [0.2, 0.25) is 0 Å². The standard InChI is InChI=1S/C12H18O2/c1-4-12(3,13)10-6-8-11(9-7-10)14-5-2/h6-9,13H,4-5H2,1-3H3/t12-/m0/s1. The Hall–Kier alpha value is -1.02. The normalized spacial score (nSPS) is 14.9. The maximum atomic E-state index is 9.97. The van der Waals surface area contributed by atoms with Crippen molar-refractivity contribution in [3.63, 3.8) is 0 Å². The van der Waals surface area contributed by atoms with E-state index in [9.17, 15) is 5.11 Å². The lowest BCUT2D eigenvalue weighted by Gasteiger charge is -2.21. The molecule has 2 nitrogen and oxygen atoms in total. The number of rotatable bonds is 4. The van der Waals surface area contributed by atoms with Crippen LogP contribution in [0.15, 0.2) is 24.3 Å². The molecule has 0 heterocycles. The molecule has 0 unspecified atom stereocenters. The largest absolute Gasteiger partial charge is 0.494 e. The Morgan fingerprint density at radius 3 is 2.21 bits per heavy atom. The predicted octanol–water partition coefficient (Wildman–Crippen LogP) is 2.70. The van der Waals surface area contributed by atoms with Crippen molar-refractivity contribution in [2.24, 2.45) is 0 Å². The van der Waals surface area contributed by atoms with Crippen molar-refractivity contribution in [1.82, 2.24) is 0 Å². The molecule has 1 N–H and O–H groups in total. The maximum Gasteiger partial charge on any atom is 0.119 e. The molecule has 1 rings (SSSR count). The Morgan fingerprint density at radius 2 is 1.79 bits per heavy atom. The van der Waals surface area contributed by atoms with Gasteiger partial charge in [-0.25, -0.2) is 0 Å². The van der Waals surface area contributed by atoms with Crippen molar-refractivity contribution >= 4 is 0 Å². The Labute approximate surface area is 85.5 Å². The van der Waals surface area contributed by atoms with Gasteiger partial charge in [-0.15, -0.1) is 0 Å². The van der Waals surface area contributed by atoms with Gasteiger partial charge in [-0.3, -0.25) is 0 Å². The van der Waals surface area contributed by atoms with Crippen molar-refractivity contribution in [1.29, 1.82) is 0 Å². The molecule has 0 aliphatic rings. The fraction of sp³-hybridized carbons (Fsp3) is 0.500. The molecule has 14 heavy (non-hydrogen) atoms. The first-order valence-electron chi connectivity index (χ1n) is 5.06. The topological polar surface area (TPSA) is 29.5 Å². The summed E-state index contributed by atoms with van der Waals surface area (Å²) < 4.78 is 5.33. The minimum Gasteiger partial charge on any atom is -0.494 e. The second-order valence-electron chi connectivity index (χ2n) is 3.58. The van der Waals surface area contributed by atoms with Crippen LogP contribution < -0.4 is 4.74 Å². The molecule has 0 spiro atoms. The molecule has 0 saturated heterocycles. The van der Waals surface area contributed by atoms with Crippen LogP contribution >= 0.6 is 0 Å². The lowest BCUT2D eigenvalue weighted by atomic mass is 9.93. The number of aliphatic hydroxyl groups is 1. The van der Waals surface area contributed by atoms with Crippen molar-refractivity contribution in [3.8, 4) is 5.75 Å². The van der Waals surface area contributed by atoms with Gasteiger partial charge in [-0.05, 0) is 38.0 Å². The SMILES string of the molecule is CCOc1ccc([C@@](C)(O)CC)cc1. The van der Waals surface area contributed by atoms with Crippen molar-refractivity contribution < 1.29 is 9.84 Å². The van der Waals surface area contributed by atoms with Crippen molar-refractivity contribution in [2.45, 2.75) is 32.8 Å². The molecule has 0 bridgehead atoms. The van der Waals surface area contributed by atoms with E-state index in [1.54, 1.807) is 0 Å². The first kappa shape index (κ1) is 11.1. The Bertz CT molecular complexity index is 275. The van der Waals surface area contributed by atoms with E-state index < -0.39 is 5.60 Å². The van der Waals surface area contributed by atoms with E-state index in [1.807, 2.05) is 45.0 Å². The Balaban J connectivity index is 2.82. The molecule has 2 heteroatoms. The highest BCUT2D eigenvalue weighted by Crippen LogP contribution is 2.25. The van der Waals surface area contributed by atoms with Gasteiger partial charge in [-0.2, -0.15) is 0 Å². The molecular weight excluding hydrogens is 176 g/mol. The van der Waals surface area contributed by atoms with Gasteiger partial charge in [0.15, 0.2) is 0 Å². The monoisotopic (exact) mass is 194 g/mol. The average molecular weight is 194 g/mol. The molecule has 0 aliphatic heterocycles. The van der Waals surface area contributed by atoms with Crippen LogP contribution in [-0.2, 0) is 5.60 Å². The van der Waals surface area contributed by atoms with Crippen LogP contribution in [-0.4, -0.2) is 11.7 Å². The summed E-state index contributed by atoms with van der Waals surface area (Å²) in [6, 6.07) is 7.61. The van der Waals surface area contributed by atoms with Crippen LogP contribution in [0.4, 0.5) is 0 Å². The zero-order chi connectivity index (χ0) is 10.6. The van der Waals surface area contributed by atoms with Crippen LogP contribution in [0.3, 0.4) is 0 Å². The first-order chi connectivity index (χ1) is 6.60. The van der Waals surface area contributed by atoms with E-state index in [0.29, 0.717) is 13.0 Å². The zero-order valence-electron chi connectivity index (χ0n) is 9.08. The second-order valence-corrected chi connectivity index (χ2v) is 3.58. The van der Waals surface area contributed by atoms with Gasteiger partial charge in [0.2, 0.25) is 0 Å². The van der Waals surface area contributed by atoms with Crippen LogP contribution in [0.25, 0.3) is 0 Å². The number of benzene rings is 1. The third-order valence-corrected chi connectivity index (χ3v) is 2.48. The molecule has 0 aromatic heterocycles. The van der Waals surface area contributed by atoms with Gasteiger partial charge >= 0.3 is 0 Å². The highest BCUT2D eigenvalue weighted by molar-refractivity contribution is 5.30. The van der Waals surface area contributed by atoms with E-state index in [4.69, 9.17) is 4.74 Å². The van der Waals surface area contributed by atoms with Crippen molar-refractivity contribution in [2.75, 3.05) is 6.61 Å². The second kappa shape index (κ2) is 4.47. The molecule has 0 fully saturated rings. The van der Waals surface area contributed by atoms with Gasteiger partial charge in [0.05, 0.1) is 12.2 Å². The van der Waals surface area contributed by atoms with E-state index in [0.717, 1.165) is 11.3 Å². The first-order valence-corrected chi connectivity index (χ1v) is 5.06. The smallest absolute Gasteiger partial charge is 0.119 e. The summed E-state index contributed by atoms with van der Waals surface area (Å²) in [5.74, 6) is 0.850. The summed E-state index contributed by atoms with van der Waals surface area (Å²) in [5, 5.41) is 9.97. The summed E-state index contributed by atoms with van der Waals surface area (Å²) in [4.78, 5) is 0. The highest BCUT2D eigenvalue weighted by atomic mass is 16.5. The Morgan fingerprint density at radius 1 is 1.21 bits per heavy atom. The van der Waals surface area contributed by atoms with E-state index in [2.05, 4.69) is 0 Å². The molecule has 1 atom stereocenters. The summed E-state index contributed by atoms with van der Waals surface area (Å²) in [7, 11) is 0. The number of hydrogen-bond acceptors (Lipinski definition) is 2.